The van der Waals surface area contributed by atoms with Crippen molar-refractivity contribution in [2.75, 3.05) is 65.9 Å². The molecule has 2 atom stereocenters. The number of nitrogens with zero attached hydrogens (tertiary/aromatic N) is 4. The lowest BCUT2D eigenvalue weighted by Gasteiger charge is -2.45. The zero-order chi connectivity index (χ0) is 27.1. The molecule has 2 aromatic rings. The highest BCUT2D eigenvalue weighted by molar-refractivity contribution is 7.80. The van der Waals surface area contributed by atoms with E-state index in [1.807, 2.05) is 43.3 Å². The number of methoxy groups -OCH3 is 1. The standard InChI is InChI=1S/C31H45FN4OS/c1-33(2)31(38)34(3)30(24-12-6-5-7-13-24)26(25-14-8-9-15-27(25)32)18-19-35-20-22-36(23-21-35)28-16-10-11-17-29(28)37-4/h8-11,14-17,24,26,30H,5-7,12-13,18-23H2,1-4H3/t26-,30+/m1/s1. The lowest BCUT2D eigenvalue weighted by Crippen LogP contribution is -2.51. The third-order valence-corrected chi connectivity index (χ3v) is 9.19. The Morgan fingerprint density at radius 2 is 1.63 bits per heavy atom. The summed E-state index contributed by atoms with van der Waals surface area (Å²) in [5.41, 5.74) is 2.00. The molecule has 208 valence electrons. The number of anilines is 1. The predicted octanol–water partition coefficient (Wildman–Crippen LogP) is 5.86. The smallest absolute Gasteiger partial charge is 0.171 e. The van der Waals surface area contributed by atoms with Gasteiger partial charge in [0.05, 0.1) is 12.8 Å². The number of halogens is 1. The van der Waals surface area contributed by atoms with Gasteiger partial charge in [-0.25, -0.2) is 4.39 Å². The summed E-state index contributed by atoms with van der Waals surface area (Å²) in [6, 6.07) is 15.8. The average molecular weight is 541 g/mol. The molecule has 1 heterocycles. The summed E-state index contributed by atoms with van der Waals surface area (Å²) >= 11 is 5.87. The Labute approximate surface area is 234 Å². The largest absolute Gasteiger partial charge is 0.495 e. The summed E-state index contributed by atoms with van der Waals surface area (Å²) in [7, 11) is 7.88. The normalized spacial score (nSPS) is 18.6. The molecule has 5 nitrogen and oxygen atoms in total. The summed E-state index contributed by atoms with van der Waals surface area (Å²) < 4.78 is 21.0. The third-order valence-electron chi connectivity index (χ3n) is 8.54. The second-order valence-electron chi connectivity index (χ2n) is 11.1. The number of ether oxygens (including phenoxy) is 1. The highest BCUT2D eigenvalue weighted by Gasteiger charge is 2.37. The third kappa shape index (κ3) is 6.78. The minimum Gasteiger partial charge on any atom is -0.495 e. The number of hydrogen-bond donors (Lipinski definition) is 0. The zero-order valence-corrected chi connectivity index (χ0v) is 24.4. The first-order valence-electron chi connectivity index (χ1n) is 14.2. The van der Waals surface area contributed by atoms with Crippen molar-refractivity contribution in [2.45, 2.75) is 50.5 Å². The van der Waals surface area contributed by atoms with E-state index in [0.717, 1.165) is 61.3 Å². The highest BCUT2D eigenvalue weighted by Crippen LogP contribution is 2.39. The van der Waals surface area contributed by atoms with Gasteiger partial charge < -0.3 is 19.4 Å². The van der Waals surface area contributed by atoms with Crippen LogP contribution in [0.5, 0.6) is 5.75 Å². The van der Waals surface area contributed by atoms with Gasteiger partial charge in [-0.1, -0.05) is 49.6 Å². The molecule has 2 fully saturated rings. The van der Waals surface area contributed by atoms with Crippen molar-refractivity contribution >= 4 is 23.0 Å². The van der Waals surface area contributed by atoms with Crippen LogP contribution >= 0.6 is 12.2 Å². The van der Waals surface area contributed by atoms with Crippen molar-refractivity contribution in [3.05, 3.63) is 59.9 Å². The molecule has 0 radical (unpaired) electrons. The Morgan fingerprint density at radius 1 is 0.974 bits per heavy atom. The fraction of sp³-hybridized carbons (Fsp3) is 0.581. The van der Waals surface area contributed by atoms with Gasteiger partial charge in [-0.2, -0.15) is 0 Å². The van der Waals surface area contributed by atoms with Crippen LogP contribution < -0.4 is 9.64 Å². The van der Waals surface area contributed by atoms with Gasteiger partial charge >= 0.3 is 0 Å². The van der Waals surface area contributed by atoms with E-state index in [4.69, 9.17) is 17.0 Å². The zero-order valence-electron chi connectivity index (χ0n) is 23.6. The van der Waals surface area contributed by atoms with Gasteiger partial charge in [0.1, 0.15) is 11.6 Å². The van der Waals surface area contributed by atoms with Gasteiger partial charge in [0.25, 0.3) is 0 Å². The number of thiocarbonyl (C=S) groups is 1. The van der Waals surface area contributed by atoms with E-state index in [1.54, 1.807) is 19.2 Å². The summed E-state index contributed by atoms with van der Waals surface area (Å²) in [6.45, 7) is 4.84. The van der Waals surface area contributed by atoms with Gasteiger partial charge in [-0.05, 0) is 67.7 Å². The lowest BCUT2D eigenvalue weighted by atomic mass is 9.74. The molecule has 1 aliphatic heterocycles. The Bertz CT molecular complexity index is 1040. The van der Waals surface area contributed by atoms with Gasteiger partial charge in [0.2, 0.25) is 0 Å². The first-order chi connectivity index (χ1) is 18.4. The summed E-state index contributed by atoms with van der Waals surface area (Å²) in [5, 5.41) is 0.826. The van der Waals surface area contributed by atoms with E-state index in [9.17, 15) is 0 Å². The van der Waals surface area contributed by atoms with E-state index in [1.165, 1.54) is 32.1 Å². The van der Waals surface area contributed by atoms with Gasteiger partial charge in [-0.15, -0.1) is 0 Å². The molecular weight excluding hydrogens is 495 g/mol. The molecule has 0 spiro atoms. The maximum Gasteiger partial charge on any atom is 0.171 e. The van der Waals surface area contributed by atoms with Crippen molar-refractivity contribution < 1.29 is 9.13 Å². The molecule has 2 aromatic carbocycles. The quantitative estimate of drug-likeness (QED) is 0.369. The Kier molecular flexibility index (Phi) is 10.3. The van der Waals surface area contributed by atoms with E-state index in [2.05, 4.69) is 33.9 Å². The van der Waals surface area contributed by atoms with Crippen LogP contribution in [0.25, 0.3) is 0 Å². The fourth-order valence-corrected chi connectivity index (χ4v) is 6.67. The molecule has 0 amide bonds. The summed E-state index contributed by atoms with van der Waals surface area (Å²) in [4.78, 5) is 9.25. The van der Waals surface area contributed by atoms with Gasteiger partial charge in [0, 0.05) is 59.3 Å². The van der Waals surface area contributed by atoms with Crippen molar-refractivity contribution in [2.24, 2.45) is 5.92 Å². The minimum absolute atomic E-state index is 0.0782. The van der Waals surface area contributed by atoms with Gasteiger partial charge in [0.15, 0.2) is 5.11 Å². The molecule has 0 unspecified atom stereocenters. The van der Waals surface area contributed by atoms with Crippen LogP contribution in [-0.4, -0.2) is 86.8 Å². The number of hydrogen-bond acceptors (Lipinski definition) is 4. The SMILES string of the molecule is COc1ccccc1N1CCN(CC[C@H](c2ccccc2F)[C@H](C2CCCCC2)N(C)C(=S)N(C)C)CC1. The average Bonchev–Trinajstić information content (AvgIpc) is 2.95. The number of rotatable bonds is 9. The predicted molar refractivity (Wildman–Crippen MR) is 160 cm³/mol. The number of piperazine rings is 1. The monoisotopic (exact) mass is 540 g/mol. The maximum atomic E-state index is 15.4. The molecule has 1 saturated carbocycles. The molecule has 38 heavy (non-hydrogen) atoms. The molecule has 0 bridgehead atoms. The number of likely N-dealkylation sites (N-methyl/N-ethyl adjacent to an activating group) is 1. The van der Waals surface area contributed by atoms with Crippen LogP contribution in [0.1, 0.15) is 50.0 Å². The maximum absolute atomic E-state index is 15.4. The van der Waals surface area contributed by atoms with E-state index >= 15 is 4.39 Å². The molecule has 1 aliphatic carbocycles. The topological polar surface area (TPSA) is 22.2 Å². The summed E-state index contributed by atoms with van der Waals surface area (Å²) in [6.07, 6.45) is 7.08. The molecular formula is C31H45FN4OS. The van der Waals surface area contributed by atoms with E-state index < -0.39 is 0 Å². The van der Waals surface area contributed by atoms with Crippen LogP contribution in [-0.2, 0) is 0 Å². The van der Waals surface area contributed by atoms with Crippen LogP contribution in [0.4, 0.5) is 10.1 Å². The van der Waals surface area contributed by atoms with Crippen molar-refractivity contribution in [3.8, 4) is 5.75 Å². The van der Waals surface area contributed by atoms with E-state index in [0.29, 0.717) is 5.92 Å². The first-order valence-corrected chi connectivity index (χ1v) is 14.6. The Hall–Kier alpha value is -2.38. The molecule has 2 aliphatic rings. The Balaban J connectivity index is 1.52. The molecule has 1 saturated heterocycles. The fourth-order valence-electron chi connectivity index (χ4n) is 6.54. The van der Waals surface area contributed by atoms with Crippen molar-refractivity contribution in [1.29, 1.82) is 0 Å². The second kappa shape index (κ2) is 13.6. The summed E-state index contributed by atoms with van der Waals surface area (Å²) in [5.74, 6) is 1.42. The molecule has 0 N–H and O–H groups in total. The van der Waals surface area contributed by atoms with Crippen LogP contribution in [0.2, 0.25) is 0 Å². The molecule has 4 rings (SSSR count). The minimum atomic E-state index is -0.0940. The van der Waals surface area contributed by atoms with Crippen LogP contribution in [0.15, 0.2) is 48.5 Å². The second-order valence-corrected chi connectivity index (χ2v) is 11.5. The number of para-hydroxylation sites is 2. The lowest BCUT2D eigenvalue weighted by molar-refractivity contribution is 0.150. The molecule has 7 heteroatoms. The van der Waals surface area contributed by atoms with Crippen LogP contribution in [0.3, 0.4) is 0 Å². The van der Waals surface area contributed by atoms with Gasteiger partial charge in [-0.3, -0.25) is 4.90 Å². The van der Waals surface area contributed by atoms with E-state index in [-0.39, 0.29) is 17.8 Å². The number of benzene rings is 2. The van der Waals surface area contributed by atoms with Crippen molar-refractivity contribution in [3.63, 3.8) is 0 Å². The first kappa shape index (κ1) is 28.6. The Morgan fingerprint density at radius 3 is 2.29 bits per heavy atom. The molecule has 0 aromatic heterocycles. The van der Waals surface area contributed by atoms with Crippen LogP contribution in [0, 0.1) is 11.7 Å². The highest BCUT2D eigenvalue weighted by atomic mass is 32.1. The van der Waals surface area contributed by atoms with Crippen molar-refractivity contribution in [1.82, 2.24) is 14.7 Å².